The molecule has 0 unspecified atom stereocenters. The fourth-order valence-electron chi connectivity index (χ4n) is 2.33. The van der Waals surface area contributed by atoms with Crippen molar-refractivity contribution in [2.75, 3.05) is 10.6 Å². The third-order valence-electron chi connectivity index (χ3n) is 3.70. The molecule has 0 aliphatic rings. The number of nitrogens with one attached hydrogen (secondary N) is 2. The third-order valence-corrected chi connectivity index (χ3v) is 3.70. The van der Waals surface area contributed by atoms with E-state index in [0.717, 1.165) is 0 Å². The molecule has 6 N–H and O–H groups in total. The lowest BCUT2D eigenvalue weighted by Crippen LogP contribution is -2.33. The molecular formula is C17H16FN7O2. The monoisotopic (exact) mass is 369 g/mol. The van der Waals surface area contributed by atoms with Crippen LogP contribution in [0.3, 0.4) is 0 Å². The van der Waals surface area contributed by atoms with Gasteiger partial charge in [-0.3, -0.25) is 14.6 Å². The van der Waals surface area contributed by atoms with Gasteiger partial charge in [0.05, 0.1) is 23.6 Å². The maximum atomic E-state index is 13.4. The van der Waals surface area contributed by atoms with E-state index in [9.17, 15) is 14.0 Å². The average molecular weight is 369 g/mol. The van der Waals surface area contributed by atoms with Gasteiger partial charge in [-0.1, -0.05) is 0 Å². The zero-order valence-corrected chi connectivity index (χ0v) is 14.2. The van der Waals surface area contributed by atoms with Gasteiger partial charge < -0.3 is 22.1 Å². The van der Waals surface area contributed by atoms with Crippen molar-refractivity contribution in [3.63, 3.8) is 0 Å². The highest BCUT2D eigenvalue weighted by Crippen LogP contribution is 2.22. The van der Waals surface area contributed by atoms with Crippen LogP contribution in [0.5, 0.6) is 0 Å². The molecule has 0 saturated carbocycles. The van der Waals surface area contributed by atoms with E-state index >= 15 is 0 Å². The Hall–Kier alpha value is -3.82. The SMILES string of the molecule is C[C@@H](Nc1cnc(C(N)=O)c(Nc2cnc3ccc(F)cc3c2)n1)C(N)=O. The van der Waals surface area contributed by atoms with E-state index in [4.69, 9.17) is 11.5 Å². The summed E-state index contributed by atoms with van der Waals surface area (Å²) in [6.45, 7) is 1.56. The maximum absolute atomic E-state index is 13.4. The van der Waals surface area contributed by atoms with Gasteiger partial charge in [-0.15, -0.1) is 0 Å². The summed E-state index contributed by atoms with van der Waals surface area (Å²) in [6.07, 6.45) is 2.76. The highest BCUT2D eigenvalue weighted by atomic mass is 19.1. The van der Waals surface area contributed by atoms with Crippen LogP contribution < -0.4 is 22.1 Å². The molecule has 1 atom stereocenters. The number of hydrogen-bond donors (Lipinski definition) is 4. The van der Waals surface area contributed by atoms with Crippen molar-refractivity contribution in [2.45, 2.75) is 13.0 Å². The van der Waals surface area contributed by atoms with Gasteiger partial charge in [0.25, 0.3) is 5.91 Å². The van der Waals surface area contributed by atoms with E-state index < -0.39 is 23.7 Å². The summed E-state index contributed by atoms with van der Waals surface area (Å²) in [7, 11) is 0. The number of carbonyl (C=O) groups is 2. The number of primary amides is 2. The normalized spacial score (nSPS) is 11.8. The number of nitrogens with two attached hydrogens (primary N) is 2. The Labute approximate surface area is 153 Å². The summed E-state index contributed by atoms with van der Waals surface area (Å²) < 4.78 is 13.4. The first-order chi connectivity index (χ1) is 12.8. The molecule has 10 heteroatoms. The first kappa shape index (κ1) is 18.0. The van der Waals surface area contributed by atoms with Crippen LogP contribution in [-0.4, -0.2) is 32.8 Å². The fourth-order valence-corrected chi connectivity index (χ4v) is 2.33. The second-order valence-electron chi connectivity index (χ2n) is 5.77. The lowest BCUT2D eigenvalue weighted by atomic mass is 10.2. The van der Waals surface area contributed by atoms with Crippen molar-refractivity contribution in [1.82, 2.24) is 15.0 Å². The molecule has 3 aromatic rings. The minimum Gasteiger partial charge on any atom is -0.368 e. The van der Waals surface area contributed by atoms with Crippen molar-refractivity contribution < 1.29 is 14.0 Å². The quantitative estimate of drug-likeness (QED) is 0.511. The molecule has 0 fully saturated rings. The second kappa shape index (κ2) is 7.20. The van der Waals surface area contributed by atoms with Gasteiger partial charge in [0.15, 0.2) is 11.5 Å². The minimum absolute atomic E-state index is 0.0572. The van der Waals surface area contributed by atoms with Crippen LogP contribution in [0.2, 0.25) is 0 Å². The van der Waals surface area contributed by atoms with Crippen molar-refractivity contribution in [1.29, 1.82) is 0 Å². The number of hydrogen-bond acceptors (Lipinski definition) is 7. The molecule has 3 rings (SSSR count). The van der Waals surface area contributed by atoms with Crippen LogP contribution in [0.25, 0.3) is 10.9 Å². The van der Waals surface area contributed by atoms with E-state index in [1.807, 2.05) is 0 Å². The van der Waals surface area contributed by atoms with E-state index in [0.29, 0.717) is 16.6 Å². The van der Waals surface area contributed by atoms with E-state index in [-0.39, 0.29) is 17.3 Å². The summed E-state index contributed by atoms with van der Waals surface area (Å²) in [4.78, 5) is 35.2. The lowest BCUT2D eigenvalue weighted by molar-refractivity contribution is -0.118. The Kier molecular flexibility index (Phi) is 4.79. The van der Waals surface area contributed by atoms with Crippen LogP contribution in [0, 0.1) is 5.82 Å². The van der Waals surface area contributed by atoms with Crippen LogP contribution >= 0.6 is 0 Å². The van der Waals surface area contributed by atoms with Crippen LogP contribution in [0.1, 0.15) is 17.4 Å². The van der Waals surface area contributed by atoms with Crippen molar-refractivity contribution in [2.24, 2.45) is 11.5 Å². The zero-order valence-electron chi connectivity index (χ0n) is 14.2. The van der Waals surface area contributed by atoms with Gasteiger partial charge in [0.2, 0.25) is 5.91 Å². The Balaban J connectivity index is 1.96. The van der Waals surface area contributed by atoms with Gasteiger partial charge in [0, 0.05) is 5.39 Å². The number of aromatic nitrogens is 3. The van der Waals surface area contributed by atoms with Crippen LogP contribution in [0.15, 0.2) is 36.7 Å². The van der Waals surface area contributed by atoms with Crippen LogP contribution in [-0.2, 0) is 4.79 Å². The molecular weight excluding hydrogens is 353 g/mol. The molecule has 1 aromatic carbocycles. The number of nitrogens with zero attached hydrogens (tertiary/aromatic N) is 3. The number of benzene rings is 1. The van der Waals surface area contributed by atoms with Gasteiger partial charge in [0.1, 0.15) is 17.7 Å². The molecule has 0 bridgehead atoms. The second-order valence-corrected chi connectivity index (χ2v) is 5.77. The number of carbonyl (C=O) groups excluding carboxylic acids is 2. The largest absolute Gasteiger partial charge is 0.368 e. The highest BCUT2D eigenvalue weighted by Gasteiger charge is 2.16. The van der Waals surface area contributed by atoms with E-state index in [2.05, 4.69) is 25.6 Å². The molecule has 0 radical (unpaired) electrons. The Morgan fingerprint density at radius 1 is 1.15 bits per heavy atom. The predicted molar refractivity (Wildman–Crippen MR) is 97.8 cm³/mol. The maximum Gasteiger partial charge on any atom is 0.271 e. The standard InChI is InChI=1S/C17H16FN7O2/c1-8(15(19)26)23-13-7-22-14(16(20)27)17(25-13)24-11-5-9-4-10(18)2-3-12(9)21-6-11/h2-8H,1H3,(H2,19,26)(H2,20,27)(H2,23,24,25)/t8-/m1/s1. The average Bonchev–Trinajstić information content (AvgIpc) is 2.61. The van der Waals surface area contributed by atoms with Crippen molar-refractivity contribution >= 4 is 40.0 Å². The van der Waals surface area contributed by atoms with Gasteiger partial charge in [-0.2, -0.15) is 0 Å². The van der Waals surface area contributed by atoms with E-state index in [1.54, 1.807) is 19.1 Å². The molecule has 0 spiro atoms. The predicted octanol–water partition coefficient (Wildman–Crippen LogP) is 1.29. The van der Waals surface area contributed by atoms with Gasteiger partial charge >= 0.3 is 0 Å². The summed E-state index contributed by atoms with van der Waals surface area (Å²) >= 11 is 0. The summed E-state index contributed by atoms with van der Waals surface area (Å²) in [5.74, 6) is -1.49. The Morgan fingerprint density at radius 3 is 2.63 bits per heavy atom. The number of halogens is 1. The third kappa shape index (κ3) is 4.06. The fraction of sp³-hybridized carbons (Fsp3) is 0.118. The number of anilines is 3. The molecule has 27 heavy (non-hydrogen) atoms. The number of rotatable bonds is 6. The lowest BCUT2D eigenvalue weighted by Gasteiger charge is -2.14. The molecule has 2 heterocycles. The number of fused-ring (bicyclic) bond motifs is 1. The van der Waals surface area contributed by atoms with Crippen molar-refractivity contribution in [3.8, 4) is 0 Å². The van der Waals surface area contributed by atoms with Gasteiger partial charge in [-0.25, -0.2) is 14.4 Å². The first-order valence-electron chi connectivity index (χ1n) is 7.88. The topological polar surface area (TPSA) is 149 Å². The molecule has 138 valence electrons. The Morgan fingerprint density at radius 2 is 1.93 bits per heavy atom. The molecule has 2 aromatic heterocycles. The molecule has 9 nitrogen and oxygen atoms in total. The van der Waals surface area contributed by atoms with Gasteiger partial charge in [-0.05, 0) is 31.2 Å². The summed E-state index contributed by atoms with van der Waals surface area (Å²) in [5.41, 5.74) is 11.5. The van der Waals surface area contributed by atoms with Crippen LogP contribution in [0.4, 0.5) is 21.7 Å². The van der Waals surface area contributed by atoms with E-state index in [1.165, 1.54) is 24.5 Å². The smallest absolute Gasteiger partial charge is 0.271 e. The number of amides is 2. The van der Waals surface area contributed by atoms with Crippen molar-refractivity contribution in [3.05, 3.63) is 48.2 Å². The first-order valence-corrected chi connectivity index (χ1v) is 7.88. The minimum atomic E-state index is -0.792. The molecule has 0 saturated heterocycles. The number of pyridine rings is 1. The zero-order chi connectivity index (χ0) is 19.6. The molecule has 0 aliphatic carbocycles. The Bertz CT molecular complexity index is 1040. The summed E-state index contributed by atoms with van der Waals surface area (Å²) in [6, 6.07) is 5.15. The summed E-state index contributed by atoms with van der Waals surface area (Å²) in [5, 5.41) is 6.22. The molecule has 0 aliphatic heterocycles. The highest BCUT2D eigenvalue weighted by molar-refractivity contribution is 5.96. The molecule has 2 amide bonds.